The zero-order valence-electron chi connectivity index (χ0n) is 18.2. The van der Waals surface area contributed by atoms with Crippen LogP contribution in [-0.4, -0.2) is 38.5 Å². The largest absolute Gasteiger partial charge is 0.459 e. The first-order chi connectivity index (χ1) is 15.5. The summed E-state index contributed by atoms with van der Waals surface area (Å²) in [5.74, 6) is 0.341. The van der Waals surface area contributed by atoms with Gasteiger partial charge < -0.3 is 14.6 Å². The second kappa shape index (κ2) is 11.3. The van der Waals surface area contributed by atoms with Gasteiger partial charge in [0.05, 0.1) is 17.4 Å². The average molecular weight is 451 g/mol. The molecular weight excluding hydrogens is 424 g/mol. The molecule has 7 nitrogen and oxygen atoms in total. The number of aromatic nitrogens is 3. The van der Waals surface area contributed by atoms with Crippen LogP contribution in [0.4, 0.5) is 5.69 Å². The Morgan fingerprint density at radius 3 is 2.66 bits per heavy atom. The van der Waals surface area contributed by atoms with Gasteiger partial charge in [-0.3, -0.25) is 4.79 Å². The predicted octanol–water partition coefficient (Wildman–Crippen LogP) is 4.35. The Bertz CT molecular complexity index is 1080. The van der Waals surface area contributed by atoms with E-state index in [1.807, 2.05) is 34.9 Å². The van der Waals surface area contributed by atoms with Gasteiger partial charge in [-0.25, -0.2) is 4.79 Å². The van der Waals surface area contributed by atoms with Crippen LogP contribution < -0.4 is 5.32 Å². The van der Waals surface area contributed by atoms with Crippen molar-refractivity contribution in [3.8, 4) is 0 Å². The summed E-state index contributed by atoms with van der Waals surface area (Å²) in [6.07, 6.45) is 2.22. The van der Waals surface area contributed by atoms with Crippen molar-refractivity contribution < 1.29 is 14.3 Å². The van der Waals surface area contributed by atoms with E-state index in [0.29, 0.717) is 29.4 Å². The number of hydrogen-bond donors (Lipinski definition) is 1. The second-order valence-electron chi connectivity index (χ2n) is 7.33. The maximum atomic E-state index is 12.5. The van der Waals surface area contributed by atoms with Crippen LogP contribution in [0, 0.1) is 0 Å². The van der Waals surface area contributed by atoms with Crippen molar-refractivity contribution in [1.82, 2.24) is 14.8 Å². The lowest BCUT2D eigenvalue weighted by Gasteiger charge is -2.10. The fourth-order valence-electron chi connectivity index (χ4n) is 2.98. The summed E-state index contributed by atoms with van der Waals surface area (Å²) in [5.41, 5.74) is 2.06. The molecule has 0 saturated heterocycles. The summed E-state index contributed by atoms with van der Waals surface area (Å²) < 4.78 is 7.16. The van der Waals surface area contributed by atoms with Crippen molar-refractivity contribution in [1.29, 1.82) is 0 Å². The molecule has 0 bridgehead atoms. The molecule has 0 saturated carbocycles. The quantitative estimate of drug-likeness (QED) is 0.281. The molecule has 3 aromatic rings. The van der Waals surface area contributed by atoms with E-state index in [0.717, 1.165) is 11.4 Å². The lowest BCUT2D eigenvalue weighted by Crippen LogP contribution is -2.16. The third-order valence-electron chi connectivity index (χ3n) is 4.37. The second-order valence-corrected chi connectivity index (χ2v) is 8.27. The molecular formula is C24H26N4O3S. The molecule has 2 aromatic carbocycles. The topological polar surface area (TPSA) is 86.1 Å². The Kier molecular flexibility index (Phi) is 8.21. The number of carbonyl (C=O) groups excluding carboxylic acids is 2. The summed E-state index contributed by atoms with van der Waals surface area (Å²) in [6, 6.07) is 16.7. The van der Waals surface area contributed by atoms with Crippen molar-refractivity contribution >= 4 is 29.3 Å². The number of rotatable bonds is 10. The van der Waals surface area contributed by atoms with E-state index in [-0.39, 0.29) is 17.8 Å². The molecule has 1 heterocycles. The van der Waals surface area contributed by atoms with Gasteiger partial charge in [0.2, 0.25) is 5.91 Å². The molecule has 32 heavy (non-hydrogen) atoms. The van der Waals surface area contributed by atoms with E-state index in [9.17, 15) is 9.59 Å². The monoisotopic (exact) mass is 450 g/mol. The number of nitrogens with one attached hydrogen (secondary N) is 1. The Hall–Kier alpha value is -3.39. The van der Waals surface area contributed by atoms with Gasteiger partial charge >= 0.3 is 5.97 Å². The SMILES string of the molecule is C=CCn1c(Cc2ccccc2)nnc1SCC(=O)Nc1cccc(C(=O)OC(C)C)c1. The zero-order valence-corrected chi connectivity index (χ0v) is 19.0. The summed E-state index contributed by atoms with van der Waals surface area (Å²) >= 11 is 1.30. The molecule has 1 amide bonds. The highest BCUT2D eigenvalue weighted by atomic mass is 32.2. The summed E-state index contributed by atoms with van der Waals surface area (Å²) in [5, 5.41) is 12.0. The van der Waals surface area contributed by atoms with Gasteiger partial charge in [-0.05, 0) is 37.6 Å². The molecule has 1 aromatic heterocycles. The number of thioether (sulfide) groups is 1. The number of carbonyl (C=O) groups is 2. The van der Waals surface area contributed by atoms with Crippen LogP contribution in [0.1, 0.15) is 35.6 Å². The van der Waals surface area contributed by atoms with Crippen LogP contribution in [0.25, 0.3) is 0 Å². The fourth-order valence-corrected chi connectivity index (χ4v) is 3.75. The minimum Gasteiger partial charge on any atom is -0.459 e. The normalized spacial score (nSPS) is 10.7. The Morgan fingerprint density at radius 1 is 1.16 bits per heavy atom. The van der Waals surface area contributed by atoms with Crippen LogP contribution in [-0.2, 0) is 22.5 Å². The zero-order chi connectivity index (χ0) is 22.9. The van der Waals surface area contributed by atoms with Crippen LogP contribution in [0.3, 0.4) is 0 Å². The highest BCUT2D eigenvalue weighted by Crippen LogP contribution is 2.20. The number of anilines is 1. The smallest absolute Gasteiger partial charge is 0.338 e. The number of hydrogen-bond acceptors (Lipinski definition) is 6. The maximum absolute atomic E-state index is 12.5. The molecule has 1 N–H and O–H groups in total. The molecule has 166 valence electrons. The summed E-state index contributed by atoms with van der Waals surface area (Å²) in [4.78, 5) is 24.6. The maximum Gasteiger partial charge on any atom is 0.338 e. The Balaban J connectivity index is 1.62. The minimum absolute atomic E-state index is 0.154. The first-order valence-corrected chi connectivity index (χ1v) is 11.3. The van der Waals surface area contributed by atoms with E-state index in [1.165, 1.54) is 11.8 Å². The van der Waals surface area contributed by atoms with Crippen LogP contribution in [0.15, 0.2) is 72.4 Å². The minimum atomic E-state index is -0.422. The Morgan fingerprint density at radius 2 is 1.94 bits per heavy atom. The van der Waals surface area contributed by atoms with Gasteiger partial charge in [0.1, 0.15) is 5.82 Å². The van der Waals surface area contributed by atoms with E-state index < -0.39 is 5.97 Å². The molecule has 0 unspecified atom stereocenters. The summed E-state index contributed by atoms with van der Waals surface area (Å²) in [6.45, 7) is 7.95. The van der Waals surface area contributed by atoms with Crippen molar-refractivity contribution in [3.63, 3.8) is 0 Å². The van der Waals surface area contributed by atoms with E-state index in [4.69, 9.17) is 4.74 Å². The molecule has 0 fully saturated rings. The van der Waals surface area contributed by atoms with Gasteiger partial charge in [-0.2, -0.15) is 0 Å². The number of nitrogens with zero attached hydrogens (tertiary/aromatic N) is 3. The van der Waals surface area contributed by atoms with Crippen molar-refractivity contribution in [2.45, 2.75) is 38.1 Å². The highest BCUT2D eigenvalue weighted by molar-refractivity contribution is 7.99. The van der Waals surface area contributed by atoms with Gasteiger partial charge in [-0.15, -0.1) is 16.8 Å². The van der Waals surface area contributed by atoms with Crippen LogP contribution in [0.2, 0.25) is 0 Å². The molecule has 0 spiro atoms. The molecule has 0 aliphatic carbocycles. The number of ether oxygens (including phenoxy) is 1. The third-order valence-corrected chi connectivity index (χ3v) is 5.33. The van der Waals surface area contributed by atoms with E-state index >= 15 is 0 Å². The standard InChI is InChI=1S/C24H26N4O3S/c1-4-13-28-21(14-18-9-6-5-7-10-18)26-27-24(28)32-16-22(29)25-20-12-8-11-19(15-20)23(30)31-17(2)3/h4-12,15,17H,1,13-14,16H2,2-3H3,(H,25,29). The lowest BCUT2D eigenvalue weighted by atomic mass is 10.1. The first-order valence-electron chi connectivity index (χ1n) is 10.3. The summed E-state index contributed by atoms with van der Waals surface area (Å²) in [7, 11) is 0. The van der Waals surface area contributed by atoms with Gasteiger partial charge in [-0.1, -0.05) is 54.2 Å². The number of amides is 1. The lowest BCUT2D eigenvalue weighted by molar-refractivity contribution is -0.113. The van der Waals surface area contributed by atoms with Gasteiger partial charge in [0.25, 0.3) is 0 Å². The van der Waals surface area contributed by atoms with Gasteiger partial charge in [0.15, 0.2) is 5.16 Å². The van der Waals surface area contributed by atoms with Crippen molar-refractivity contribution in [3.05, 3.63) is 84.2 Å². The fraction of sp³-hybridized carbons (Fsp3) is 0.250. The predicted molar refractivity (Wildman–Crippen MR) is 126 cm³/mol. The molecule has 8 heteroatoms. The Labute approximate surface area is 191 Å². The van der Waals surface area contributed by atoms with E-state index in [1.54, 1.807) is 44.2 Å². The molecule has 0 aliphatic heterocycles. The van der Waals surface area contributed by atoms with Crippen molar-refractivity contribution in [2.75, 3.05) is 11.1 Å². The van der Waals surface area contributed by atoms with E-state index in [2.05, 4.69) is 22.1 Å². The number of esters is 1. The van der Waals surface area contributed by atoms with Gasteiger partial charge in [0, 0.05) is 18.7 Å². The average Bonchev–Trinajstić information content (AvgIpc) is 3.14. The van der Waals surface area contributed by atoms with Crippen LogP contribution in [0.5, 0.6) is 0 Å². The van der Waals surface area contributed by atoms with Crippen LogP contribution >= 0.6 is 11.8 Å². The molecule has 3 rings (SSSR count). The molecule has 0 aliphatic rings. The highest BCUT2D eigenvalue weighted by Gasteiger charge is 2.15. The number of benzene rings is 2. The van der Waals surface area contributed by atoms with Crippen molar-refractivity contribution in [2.24, 2.45) is 0 Å². The molecule has 0 radical (unpaired) electrons. The number of allylic oxidation sites excluding steroid dienone is 1. The molecule has 0 atom stereocenters. The third kappa shape index (κ3) is 6.55. The first kappa shape index (κ1) is 23.3.